The van der Waals surface area contributed by atoms with E-state index in [-0.39, 0.29) is 11.8 Å². The number of nitrogens with one attached hydrogen (secondary N) is 2. The Morgan fingerprint density at radius 2 is 1.79 bits per heavy atom. The van der Waals surface area contributed by atoms with Gasteiger partial charge in [0.1, 0.15) is 5.75 Å². The van der Waals surface area contributed by atoms with Crippen LogP contribution in [0.3, 0.4) is 0 Å². The lowest BCUT2D eigenvalue weighted by Gasteiger charge is -2.05. The van der Waals surface area contributed by atoms with E-state index < -0.39 is 0 Å². The predicted octanol–water partition coefficient (Wildman–Crippen LogP) is 4.10. The zero-order valence-electron chi connectivity index (χ0n) is 15.7. The average Bonchev–Trinajstić information content (AvgIpc) is 3.16. The lowest BCUT2D eigenvalue weighted by molar-refractivity contribution is -0.119. The minimum atomic E-state index is -0.213. The number of hydrogen-bond donors (Lipinski definition) is 2. The molecule has 1 heterocycles. The van der Waals surface area contributed by atoms with Gasteiger partial charge >= 0.3 is 0 Å². The van der Waals surface area contributed by atoms with E-state index >= 15 is 0 Å². The van der Waals surface area contributed by atoms with Crippen LogP contribution >= 0.6 is 11.3 Å². The third-order valence-electron chi connectivity index (χ3n) is 3.94. The van der Waals surface area contributed by atoms with Gasteiger partial charge in [-0.05, 0) is 36.8 Å². The minimum Gasteiger partial charge on any atom is -0.494 e. The Hall–Kier alpha value is -3.19. The summed E-state index contributed by atoms with van der Waals surface area (Å²) in [5.74, 6) is 0.462. The molecule has 0 unspecified atom stereocenters. The third-order valence-corrected chi connectivity index (χ3v) is 4.70. The molecule has 7 heteroatoms. The van der Waals surface area contributed by atoms with Gasteiger partial charge in [-0.3, -0.25) is 14.9 Å². The standard InChI is InChI=1S/C21H21N3O3S/c1-3-27-18-10-8-17(9-11-18)20(26)24-21-23-19(13-28-21)16-6-4-15(5-7-16)12-22-14(2)25/h4-11,13H,3,12H2,1-2H3,(H,22,25)(H,23,24,26). The summed E-state index contributed by atoms with van der Waals surface area (Å²) in [4.78, 5) is 27.9. The van der Waals surface area contributed by atoms with Crippen molar-refractivity contribution in [3.63, 3.8) is 0 Å². The lowest BCUT2D eigenvalue weighted by Crippen LogP contribution is -2.18. The van der Waals surface area contributed by atoms with E-state index in [4.69, 9.17) is 4.74 Å². The molecule has 0 bridgehead atoms. The first-order valence-corrected chi connectivity index (χ1v) is 9.76. The van der Waals surface area contributed by atoms with Crippen molar-refractivity contribution in [1.82, 2.24) is 10.3 Å². The van der Waals surface area contributed by atoms with Crippen molar-refractivity contribution in [2.75, 3.05) is 11.9 Å². The molecular formula is C21H21N3O3S. The van der Waals surface area contributed by atoms with E-state index in [1.807, 2.05) is 36.6 Å². The summed E-state index contributed by atoms with van der Waals surface area (Å²) in [6, 6.07) is 14.8. The molecule has 0 aliphatic carbocycles. The molecule has 2 aromatic carbocycles. The molecule has 0 spiro atoms. The van der Waals surface area contributed by atoms with E-state index in [9.17, 15) is 9.59 Å². The van der Waals surface area contributed by atoms with Crippen molar-refractivity contribution in [3.05, 3.63) is 65.0 Å². The fraction of sp³-hybridized carbons (Fsp3) is 0.190. The number of thiazole rings is 1. The minimum absolute atomic E-state index is 0.0588. The SMILES string of the molecule is CCOc1ccc(C(=O)Nc2nc(-c3ccc(CNC(C)=O)cc3)cs2)cc1. The molecule has 2 N–H and O–H groups in total. The fourth-order valence-electron chi connectivity index (χ4n) is 2.52. The number of anilines is 1. The monoisotopic (exact) mass is 395 g/mol. The molecule has 0 fully saturated rings. The maximum atomic E-state index is 12.4. The molecule has 1 aromatic heterocycles. The quantitative estimate of drug-likeness (QED) is 0.631. The summed E-state index contributed by atoms with van der Waals surface area (Å²) >= 11 is 1.37. The lowest BCUT2D eigenvalue weighted by atomic mass is 10.1. The fourth-order valence-corrected chi connectivity index (χ4v) is 3.24. The van der Waals surface area contributed by atoms with E-state index in [0.29, 0.717) is 23.8 Å². The number of rotatable bonds is 7. The molecule has 3 rings (SSSR count). The van der Waals surface area contributed by atoms with Crippen LogP contribution in [0.4, 0.5) is 5.13 Å². The van der Waals surface area contributed by atoms with Crippen molar-refractivity contribution in [2.24, 2.45) is 0 Å². The molecule has 6 nitrogen and oxygen atoms in total. The highest BCUT2D eigenvalue weighted by molar-refractivity contribution is 7.14. The molecule has 2 amide bonds. The Morgan fingerprint density at radius 3 is 2.43 bits per heavy atom. The van der Waals surface area contributed by atoms with Gasteiger partial charge in [-0.2, -0.15) is 0 Å². The van der Waals surface area contributed by atoms with E-state index in [0.717, 1.165) is 22.6 Å². The van der Waals surface area contributed by atoms with E-state index in [1.54, 1.807) is 24.3 Å². The van der Waals surface area contributed by atoms with Crippen molar-refractivity contribution < 1.29 is 14.3 Å². The van der Waals surface area contributed by atoms with Crippen LogP contribution in [0.2, 0.25) is 0 Å². The van der Waals surface area contributed by atoms with E-state index in [1.165, 1.54) is 18.3 Å². The first kappa shape index (κ1) is 19.6. The van der Waals surface area contributed by atoms with Gasteiger partial charge in [-0.15, -0.1) is 11.3 Å². The zero-order valence-corrected chi connectivity index (χ0v) is 16.5. The van der Waals surface area contributed by atoms with Gasteiger partial charge in [0.05, 0.1) is 12.3 Å². The normalized spacial score (nSPS) is 10.4. The van der Waals surface area contributed by atoms with Crippen LogP contribution in [-0.4, -0.2) is 23.4 Å². The molecule has 0 aliphatic rings. The van der Waals surface area contributed by atoms with Gasteiger partial charge < -0.3 is 10.1 Å². The number of carbonyl (C=O) groups excluding carboxylic acids is 2. The maximum Gasteiger partial charge on any atom is 0.257 e. The van der Waals surface area contributed by atoms with Crippen LogP contribution in [0.15, 0.2) is 53.9 Å². The van der Waals surface area contributed by atoms with Crippen molar-refractivity contribution in [1.29, 1.82) is 0 Å². The number of ether oxygens (including phenoxy) is 1. The molecule has 28 heavy (non-hydrogen) atoms. The van der Waals surface area contributed by atoms with Gasteiger partial charge in [0.2, 0.25) is 5.91 Å². The van der Waals surface area contributed by atoms with Crippen LogP contribution in [0.5, 0.6) is 5.75 Å². The second-order valence-corrected chi connectivity index (χ2v) is 6.91. The molecule has 0 atom stereocenters. The number of carbonyl (C=O) groups is 2. The van der Waals surface area contributed by atoms with Gasteiger partial charge in [0.25, 0.3) is 5.91 Å². The summed E-state index contributed by atoms with van der Waals surface area (Å²) in [6.07, 6.45) is 0. The number of nitrogens with zero attached hydrogens (tertiary/aromatic N) is 1. The van der Waals surface area contributed by atoms with Gasteiger partial charge in [0, 0.05) is 30.0 Å². The second kappa shape index (κ2) is 9.14. The summed E-state index contributed by atoms with van der Waals surface area (Å²) in [7, 11) is 0. The maximum absolute atomic E-state index is 12.4. The summed E-state index contributed by atoms with van der Waals surface area (Å²) < 4.78 is 5.38. The van der Waals surface area contributed by atoms with Gasteiger partial charge in [0.15, 0.2) is 5.13 Å². The highest BCUT2D eigenvalue weighted by Gasteiger charge is 2.10. The molecule has 0 saturated carbocycles. The van der Waals surface area contributed by atoms with Crippen LogP contribution < -0.4 is 15.4 Å². The van der Waals surface area contributed by atoms with Gasteiger partial charge in [-0.25, -0.2) is 4.98 Å². The highest BCUT2D eigenvalue weighted by atomic mass is 32.1. The van der Waals surface area contributed by atoms with Crippen molar-refractivity contribution in [3.8, 4) is 17.0 Å². The third kappa shape index (κ3) is 5.17. The van der Waals surface area contributed by atoms with Crippen molar-refractivity contribution >= 4 is 28.3 Å². The summed E-state index contributed by atoms with van der Waals surface area (Å²) in [6.45, 7) is 4.49. The molecule has 0 aliphatic heterocycles. The number of aromatic nitrogens is 1. The number of hydrogen-bond acceptors (Lipinski definition) is 5. The average molecular weight is 395 g/mol. The molecule has 0 radical (unpaired) electrons. The van der Waals surface area contributed by atoms with Crippen LogP contribution in [0.25, 0.3) is 11.3 Å². The Bertz CT molecular complexity index is 950. The molecular weight excluding hydrogens is 374 g/mol. The smallest absolute Gasteiger partial charge is 0.257 e. The molecule has 3 aromatic rings. The van der Waals surface area contributed by atoms with Crippen LogP contribution in [-0.2, 0) is 11.3 Å². The van der Waals surface area contributed by atoms with Crippen LogP contribution in [0, 0.1) is 0 Å². The van der Waals surface area contributed by atoms with Gasteiger partial charge in [-0.1, -0.05) is 24.3 Å². The Kier molecular flexibility index (Phi) is 6.39. The largest absolute Gasteiger partial charge is 0.494 e. The topological polar surface area (TPSA) is 80.3 Å². The van der Waals surface area contributed by atoms with E-state index in [2.05, 4.69) is 15.6 Å². The number of benzene rings is 2. The Morgan fingerprint density at radius 1 is 1.07 bits per heavy atom. The molecule has 144 valence electrons. The predicted molar refractivity (Wildman–Crippen MR) is 111 cm³/mol. The first-order chi connectivity index (χ1) is 13.5. The zero-order chi connectivity index (χ0) is 19.9. The number of amides is 2. The highest BCUT2D eigenvalue weighted by Crippen LogP contribution is 2.25. The second-order valence-electron chi connectivity index (χ2n) is 6.06. The Balaban J connectivity index is 1.63. The summed E-state index contributed by atoms with van der Waals surface area (Å²) in [5.41, 5.74) is 3.29. The Labute approximate surface area is 167 Å². The molecule has 0 saturated heterocycles. The first-order valence-electron chi connectivity index (χ1n) is 8.88. The van der Waals surface area contributed by atoms with Crippen molar-refractivity contribution in [2.45, 2.75) is 20.4 Å². The summed E-state index contributed by atoms with van der Waals surface area (Å²) in [5, 5.41) is 8.03. The van der Waals surface area contributed by atoms with Crippen LogP contribution in [0.1, 0.15) is 29.8 Å².